The van der Waals surface area contributed by atoms with Gasteiger partial charge < -0.3 is 4.90 Å². The topological polar surface area (TPSA) is 71.5 Å². The van der Waals surface area contributed by atoms with Crippen molar-refractivity contribution < 1.29 is 22.4 Å². The summed E-state index contributed by atoms with van der Waals surface area (Å²) < 4.78 is 39.0. The molecule has 0 saturated carbocycles. The molecular formula is C24H20FNO4S. The third-order valence-corrected chi connectivity index (χ3v) is 7.64. The Balaban J connectivity index is 1.57. The molecule has 1 aliphatic heterocycles. The monoisotopic (exact) mass is 437 g/mol. The predicted octanol–water partition coefficient (Wildman–Crippen LogP) is 3.75. The average molecular weight is 437 g/mol. The molecular weight excluding hydrogens is 417 g/mol. The standard InChI is InChI=1S/C24H20FNO4S/c25-18-12-10-17(11-13-18)23(27)21-8-4-5-9-22(21)24(28)26-15-14-20(16-26)31(29,30)19-6-2-1-3-7-19/h1-13,20H,14-16H2. The highest BCUT2D eigenvalue weighted by molar-refractivity contribution is 7.92. The van der Waals surface area contributed by atoms with Crippen molar-refractivity contribution in [3.63, 3.8) is 0 Å². The van der Waals surface area contributed by atoms with E-state index in [0.717, 1.165) is 0 Å². The Morgan fingerprint density at radius 1 is 0.839 bits per heavy atom. The normalized spacial score (nSPS) is 16.3. The van der Waals surface area contributed by atoms with Crippen LogP contribution < -0.4 is 0 Å². The molecule has 0 N–H and O–H groups in total. The van der Waals surface area contributed by atoms with E-state index in [1.54, 1.807) is 54.6 Å². The highest BCUT2D eigenvalue weighted by atomic mass is 32.2. The van der Waals surface area contributed by atoms with Crippen molar-refractivity contribution in [2.24, 2.45) is 0 Å². The number of halogens is 1. The number of rotatable bonds is 5. The number of carbonyl (C=O) groups is 2. The fraction of sp³-hybridized carbons (Fsp3) is 0.167. The van der Waals surface area contributed by atoms with Crippen LogP contribution in [0.2, 0.25) is 0 Å². The van der Waals surface area contributed by atoms with Gasteiger partial charge in [0.2, 0.25) is 0 Å². The zero-order valence-electron chi connectivity index (χ0n) is 16.6. The van der Waals surface area contributed by atoms with Crippen LogP contribution in [0.25, 0.3) is 0 Å². The predicted molar refractivity (Wildman–Crippen MR) is 114 cm³/mol. The van der Waals surface area contributed by atoms with Crippen molar-refractivity contribution in [2.45, 2.75) is 16.6 Å². The number of nitrogens with zero attached hydrogens (tertiary/aromatic N) is 1. The highest BCUT2D eigenvalue weighted by Crippen LogP contribution is 2.26. The molecule has 4 rings (SSSR count). The van der Waals surface area contributed by atoms with E-state index < -0.39 is 32.6 Å². The smallest absolute Gasteiger partial charge is 0.254 e. The van der Waals surface area contributed by atoms with Gasteiger partial charge >= 0.3 is 0 Å². The number of amides is 1. The molecule has 0 radical (unpaired) electrons. The first kappa shape index (κ1) is 20.9. The average Bonchev–Trinajstić information content (AvgIpc) is 3.30. The lowest BCUT2D eigenvalue weighted by Gasteiger charge is -2.18. The largest absolute Gasteiger partial charge is 0.337 e. The number of benzene rings is 3. The van der Waals surface area contributed by atoms with E-state index in [0.29, 0.717) is 6.42 Å². The number of hydrogen-bond acceptors (Lipinski definition) is 4. The molecule has 0 spiro atoms. The highest BCUT2D eigenvalue weighted by Gasteiger charge is 2.37. The van der Waals surface area contributed by atoms with Crippen molar-refractivity contribution >= 4 is 21.5 Å². The van der Waals surface area contributed by atoms with Gasteiger partial charge in [-0.1, -0.05) is 36.4 Å². The molecule has 1 unspecified atom stereocenters. The maximum atomic E-state index is 13.2. The van der Waals surface area contributed by atoms with E-state index in [9.17, 15) is 22.4 Å². The third kappa shape index (κ3) is 4.14. The van der Waals surface area contributed by atoms with Crippen molar-refractivity contribution in [3.8, 4) is 0 Å². The van der Waals surface area contributed by atoms with Crippen LogP contribution in [-0.4, -0.2) is 43.3 Å². The summed E-state index contributed by atoms with van der Waals surface area (Å²) in [6.07, 6.45) is 0.330. The van der Waals surface area contributed by atoms with Crippen LogP contribution in [0, 0.1) is 5.82 Å². The van der Waals surface area contributed by atoms with Gasteiger partial charge in [0.15, 0.2) is 15.6 Å². The summed E-state index contributed by atoms with van der Waals surface area (Å²) in [5.74, 6) is -1.24. The van der Waals surface area contributed by atoms with Gasteiger partial charge in [0, 0.05) is 24.2 Å². The Kier molecular flexibility index (Phi) is 5.69. The summed E-state index contributed by atoms with van der Waals surface area (Å²) in [5, 5.41) is -0.696. The summed E-state index contributed by atoms with van der Waals surface area (Å²) in [5.41, 5.74) is 0.677. The second kappa shape index (κ2) is 8.43. The van der Waals surface area contributed by atoms with Gasteiger partial charge in [-0.3, -0.25) is 9.59 Å². The molecule has 3 aromatic carbocycles. The lowest BCUT2D eigenvalue weighted by molar-refractivity contribution is 0.0788. The van der Waals surface area contributed by atoms with Crippen LogP contribution in [0.15, 0.2) is 83.8 Å². The maximum absolute atomic E-state index is 13.2. The lowest BCUT2D eigenvalue weighted by Crippen LogP contribution is -2.32. The van der Waals surface area contributed by atoms with Crippen molar-refractivity contribution in [1.82, 2.24) is 4.90 Å². The van der Waals surface area contributed by atoms with Gasteiger partial charge in [0.25, 0.3) is 5.91 Å². The summed E-state index contributed by atoms with van der Waals surface area (Å²) >= 11 is 0. The lowest BCUT2D eigenvalue weighted by atomic mass is 9.97. The summed E-state index contributed by atoms with van der Waals surface area (Å²) in [6, 6.07) is 19.7. The van der Waals surface area contributed by atoms with E-state index in [1.165, 1.54) is 29.2 Å². The van der Waals surface area contributed by atoms with E-state index in [4.69, 9.17) is 0 Å². The summed E-state index contributed by atoms with van der Waals surface area (Å²) in [7, 11) is -3.56. The quantitative estimate of drug-likeness (QED) is 0.570. The second-order valence-electron chi connectivity index (χ2n) is 7.40. The number of hydrogen-bond donors (Lipinski definition) is 0. The molecule has 0 bridgehead atoms. The Bertz CT molecular complexity index is 1220. The van der Waals surface area contributed by atoms with Crippen LogP contribution in [-0.2, 0) is 9.84 Å². The minimum atomic E-state index is -3.56. The van der Waals surface area contributed by atoms with E-state index in [2.05, 4.69) is 0 Å². The molecule has 1 heterocycles. The number of sulfone groups is 1. The van der Waals surface area contributed by atoms with Gasteiger partial charge in [-0.2, -0.15) is 0 Å². The number of likely N-dealkylation sites (tertiary alicyclic amines) is 1. The maximum Gasteiger partial charge on any atom is 0.254 e. The van der Waals surface area contributed by atoms with Crippen molar-refractivity contribution in [2.75, 3.05) is 13.1 Å². The molecule has 3 aromatic rings. The molecule has 7 heteroatoms. The Labute approximate surface area is 180 Å². The van der Waals surface area contributed by atoms with Gasteiger partial charge in [-0.05, 0) is 48.9 Å². The van der Waals surface area contributed by atoms with Crippen LogP contribution in [0.3, 0.4) is 0 Å². The summed E-state index contributed by atoms with van der Waals surface area (Å²) in [6.45, 7) is 0.351. The number of ketones is 1. The molecule has 0 aliphatic carbocycles. The zero-order chi connectivity index (χ0) is 22.0. The van der Waals surface area contributed by atoms with Crippen molar-refractivity contribution in [3.05, 3.63) is 101 Å². The molecule has 5 nitrogen and oxygen atoms in total. The van der Waals surface area contributed by atoms with Gasteiger partial charge in [-0.25, -0.2) is 12.8 Å². The van der Waals surface area contributed by atoms with E-state index in [1.807, 2.05) is 0 Å². The van der Waals surface area contributed by atoms with E-state index >= 15 is 0 Å². The van der Waals surface area contributed by atoms with Gasteiger partial charge in [0.1, 0.15) is 5.82 Å². The minimum absolute atomic E-state index is 0.0646. The van der Waals surface area contributed by atoms with Crippen LogP contribution in [0.4, 0.5) is 4.39 Å². The second-order valence-corrected chi connectivity index (χ2v) is 9.63. The first-order valence-electron chi connectivity index (χ1n) is 9.85. The molecule has 158 valence electrons. The fourth-order valence-corrected chi connectivity index (χ4v) is 5.48. The minimum Gasteiger partial charge on any atom is -0.337 e. The van der Waals surface area contributed by atoms with Crippen LogP contribution in [0.5, 0.6) is 0 Å². The molecule has 1 saturated heterocycles. The van der Waals surface area contributed by atoms with Gasteiger partial charge in [0.05, 0.1) is 15.7 Å². The van der Waals surface area contributed by atoms with Crippen molar-refractivity contribution in [1.29, 1.82) is 0 Å². The molecule has 0 aromatic heterocycles. The zero-order valence-corrected chi connectivity index (χ0v) is 17.4. The summed E-state index contributed by atoms with van der Waals surface area (Å²) in [4.78, 5) is 27.8. The first-order chi connectivity index (χ1) is 14.9. The van der Waals surface area contributed by atoms with Crippen LogP contribution >= 0.6 is 0 Å². The Morgan fingerprint density at radius 2 is 1.45 bits per heavy atom. The molecule has 31 heavy (non-hydrogen) atoms. The molecule has 1 fully saturated rings. The molecule has 1 atom stereocenters. The SMILES string of the molecule is O=C(c1ccc(F)cc1)c1ccccc1C(=O)N1CCC(S(=O)(=O)c2ccccc2)C1. The fourth-order valence-electron chi connectivity index (χ4n) is 3.76. The third-order valence-electron chi connectivity index (χ3n) is 5.45. The molecule has 1 amide bonds. The van der Waals surface area contributed by atoms with E-state index in [-0.39, 0.29) is 34.7 Å². The first-order valence-corrected chi connectivity index (χ1v) is 11.4. The van der Waals surface area contributed by atoms with Crippen LogP contribution in [0.1, 0.15) is 32.7 Å². The number of carbonyl (C=O) groups excluding carboxylic acids is 2. The van der Waals surface area contributed by atoms with Gasteiger partial charge in [-0.15, -0.1) is 0 Å². The Hall–Kier alpha value is -3.32. The molecule has 1 aliphatic rings. The Morgan fingerprint density at radius 3 is 2.13 bits per heavy atom.